The number of ether oxygens (including phenoxy) is 1. The van der Waals surface area contributed by atoms with E-state index in [1.807, 2.05) is 0 Å². The van der Waals surface area contributed by atoms with Crippen LogP contribution in [0.2, 0.25) is 0 Å². The summed E-state index contributed by atoms with van der Waals surface area (Å²) in [7, 11) is -3.69. The van der Waals surface area contributed by atoms with Crippen LogP contribution in [0.5, 0.6) is 0 Å². The maximum absolute atomic E-state index is 12.7. The number of esters is 1. The normalized spacial score (nSPS) is 13.9. The van der Waals surface area contributed by atoms with Gasteiger partial charge in [-0.05, 0) is 42.5 Å². The van der Waals surface area contributed by atoms with Gasteiger partial charge in [-0.25, -0.2) is 13.2 Å². The van der Waals surface area contributed by atoms with E-state index in [1.54, 1.807) is 13.8 Å². The van der Waals surface area contributed by atoms with Crippen LogP contribution in [0, 0.1) is 0 Å². The molecular weight excluding hydrogens is 462 g/mol. The zero-order valence-corrected chi connectivity index (χ0v) is 19.6. The number of imide groups is 1. The molecule has 1 N–H and O–H groups in total. The summed E-state index contributed by atoms with van der Waals surface area (Å²) < 4.78 is 31.6. The van der Waals surface area contributed by atoms with E-state index in [4.69, 9.17) is 4.74 Å². The Hall–Kier alpha value is -3.57. The van der Waals surface area contributed by atoms with Crippen molar-refractivity contribution in [2.24, 2.45) is 0 Å². The fourth-order valence-corrected chi connectivity index (χ4v) is 4.97. The Kier molecular flexibility index (Phi) is 7.79. The minimum Gasteiger partial charge on any atom is -0.452 e. The summed E-state index contributed by atoms with van der Waals surface area (Å²) in [6, 6.07) is 11.5. The van der Waals surface area contributed by atoms with Crippen LogP contribution < -0.4 is 10.2 Å². The average Bonchev–Trinajstić information content (AvgIpc) is 3.16. The van der Waals surface area contributed by atoms with Crippen LogP contribution in [0.15, 0.2) is 53.4 Å². The fourth-order valence-electron chi connectivity index (χ4n) is 3.47. The molecule has 1 saturated heterocycles. The predicted molar refractivity (Wildman–Crippen MR) is 124 cm³/mol. The quantitative estimate of drug-likeness (QED) is 0.424. The second-order valence-electron chi connectivity index (χ2n) is 7.41. The lowest BCUT2D eigenvalue weighted by atomic mass is 10.2. The number of benzene rings is 2. The second-order valence-corrected chi connectivity index (χ2v) is 9.35. The summed E-state index contributed by atoms with van der Waals surface area (Å²) in [5.74, 6) is -2.01. The fraction of sp³-hybridized carbons (Fsp3) is 0.304. The van der Waals surface area contributed by atoms with E-state index in [0.29, 0.717) is 18.8 Å². The molecule has 0 bridgehead atoms. The monoisotopic (exact) mass is 487 g/mol. The number of carbonyl (C=O) groups is 4. The second kappa shape index (κ2) is 10.6. The number of anilines is 2. The van der Waals surface area contributed by atoms with Crippen molar-refractivity contribution in [2.75, 3.05) is 29.9 Å². The molecule has 34 heavy (non-hydrogen) atoms. The Balaban J connectivity index is 1.59. The van der Waals surface area contributed by atoms with Gasteiger partial charge in [0.1, 0.15) is 0 Å². The Morgan fingerprint density at radius 2 is 1.62 bits per heavy atom. The first-order valence-corrected chi connectivity index (χ1v) is 12.1. The first-order chi connectivity index (χ1) is 16.2. The molecule has 0 unspecified atom stereocenters. The SMILES string of the molecule is CCN(CC)S(=O)(=O)c1cccc(NC(=O)COC(=O)c2ccc(N3C(=O)CCC3=O)cc2)c1. The van der Waals surface area contributed by atoms with E-state index in [2.05, 4.69) is 5.32 Å². The van der Waals surface area contributed by atoms with Crippen molar-refractivity contribution in [3.8, 4) is 0 Å². The number of hydrogen-bond acceptors (Lipinski definition) is 7. The van der Waals surface area contributed by atoms with Crippen LogP contribution in [0.4, 0.5) is 11.4 Å². The zero-order valence-electron chi connectivity index (χ0n) is 18.8. The molecule has 11 heteroatoms. The third-order valence-corrected chi connectivity index (χ3v) is 7.25. The Bertz CT molecular complexity index is 1190. The van der Waals surface area contributed by atoms with Crippen molar-refractivity contribution in [3.63, 3.8) is 0 Å². The molecule has 2 aromatic rings. The summed E-state index contributed by atoms with van der Waals surface area (Å²) in [6.07, 6.45) is 0.310. The highest BCUT2D eigenvalue weighted by atomic mass is 32.2. The van der Waals surface area contributed by atoms with Crippen LogP contribution in [0.1, 0.15) is 37.0 Å². The number of nitrogens with one attached hydrogen (secondary N) is 1. The topological polar surface area (TPSA) is 130 Å². The number of rotatable bonds is 9. The first kappa shape index (κ1) is 25.1. The molecule has 180 valence electrons. The molecule has 1 aliphatic rings. The molecule has 1 aliphatic heterocycles. The zero-order chi connectivity index (χ0) is 24.9. The highest BCUT2D eigenvalue weighted by molar-refractivity contribution is 7.89. The van der Waals surface area contributed by atoms with Crippen molar-refractivity contribution in [1.29, 1.82) is 0 Å². The maximum Gasteiger partial charge on any atom is 0.338 e. The van der Waals surface area contributed by atoms with Gasteiger partial charge in [-0.2, -0.15) is 4.31 Å². The van der Waals surface area contributed by atoms with Crippen molar-refractivity contribution >= 4 is 45.1 Å². The first-order valence-electron chi connectivity index (χ1n) is 10.7. The van der Waals surface area contributed by atoms with Gasteiger partial charge in [0.25, 0.3) is 5.91 Å². The van der Waals surface area contributed by atoms with Crippen molar-refractivity contribution in [3.05, 3.63) is 54.1 Å². The molecule has 0 atom stereocenters. The number of amides is 3. The van der Waals surface area contributed by atoms with Crippen molar-refractivity contribution in [1.82, 2.24) is 4.31 Å². The number of nitrogens with zero attached hydrogens (tertiary/aromatic N) is 2. The highest BCUT2D eigenvalue weighted by Gasteiger charge is 2.30. The largest absolute Gasteiger partial charge is 0.452 e. The lowest BCUT2D eigenvalue weighted by molar-refractivity contribution is -0.121. The standard InChI is InChI=1S/C23H25N3O7S/c1-3-25(4-2)34(31,32)19-7-5-6-17(14-19)24-20(27)15-33-23(30)16-8-10-18(11-9-16)26-21(28)12-13-22(26)29/h5-11,14H,3-4,12-13,15H2,1-2H3,(H,24,27). The molecule has 1 heterocycles. The van der Waals surface area contributed by atoms with E-state index in [-0.39, 0.29) is 40.8 Å². The minimum absolute atomic E-state index is 0.0426. The minimum atomic E-state index is -3.69. The van der Waals surface area contributed by atoms with Crippen LogP contribution in [-0.4, -0.2) is 56.1 Å². The predicted octanol–water partition coefficient (Wildman–Crippen LogP) is 2.17. The van der Waals surface area contributed by atoms with Crippen LogP contribution in [0.3, 0.4) is 0 Å². The molecule has 1 fully saturated rings. The van der Waals surface area contributed by atoms with Gasteiger partial charge in [-0.1, -0.05) is 19.9 Å². The summed E-state index contributed by atoms with van der Waals surface area (Å²) in [5, 5.41) is 2.51. The molecule has 0 aliphatic carbocycles. The third-order valence-electron chi connectivity index (χ3n) is 5.21. The van der Waals surface area contributed by atoms with E-state index >= 15 is 0 Å². The van der Waals surface area contributed by atoms with Gasteiger partial charge < -0.3 is 10.1 Å². The highest BCUT2D eigenvalue weighted by Crippen LogP contribution is 2.23. The van der Waals surface area contributed by atoms with Crippen LogP contribution >= 0.6 is 0 Å². The van der Waals surface area contributed by atoms with Gasteiger partial charge in [0.05, 0.1) is 16.1 Å². The molecule has 2 aromatic carbocycles. The molecular formula is C23H25N3O7S. The van der Waals surface area contributed by atoms with Crippen molar-refractivity contribution in [2.45, 2.75) is 31.6 Å². The van der Waals surface area contributed by atoms with Gasteiger partial charge >= 0.3 is 5.97 Å². The number of hydrogen-bond donors (Lipinski definition) is 1. The Labute approximate surface area is 197 Å². The molecule has 3 rings (SSSR count). The summed E-state index contributed by atoms with van der Waals surface area (Å²) in [5.41, 5.74) is 0.753. The number of sulfonamides is 1. The summed E-state index contributed by atoms with van der Waals surface area (Å²) >= 11 is 0. The van der Waals surface area contributed by atoms with Gasteiger partial charge in [0.15, 0.2) is 6.61 Å². The van der Waals surface area contributed by atoms with Crippen LogP contribution in [-0.2, 0) is 29.1 Å². The average molecular weight is 488 g/mol. The van der Waals surface area contributed by atoms with Crippen LogP contribution in [0.25, 0.3) is 0 Å². The molecule has 10 nitrogen and oxygen atoms in total. The molecule has 0 spiro atoms. The van der Waals surface area contributed by atoms with Crippen molar-refractivity contribution < 1.29 is 32.3 Å². The van der Waals surface area contributed by atoms with Gasteiger partial charge in [0, 0.05) is 31.6 Å². The maximum atomic E-state index is 12.7. The summed E-state index contributed by atoms with van der Waals surface area (Å²) in [6.45, 7) is 3.52. The smallest absolute Gasteiger partial charge is 0.338 e. The molecule has 0 saturated carbocycles. The van der Waals surface area contributed by atoms with Gasteiger partial charge in [-0.15, -0.1) is 0 Å². The molecule has 0 aromatic heterocycles. The lowest BCUT2D eigenvalue weighted by Gasteiger charge is -2.18. The number of carbonyl (C=O) groups excluding carboxylic acids is 4. The molecule has 0 radical (unpaired) electrons. The van der Waals surface area contributed by atoms with E-state index in [1.165, 1.54) is 52.8 Å². The van der Waals surface area contributed by atoms with E-state index < -0.39 is 28.5 Å². The van der Waals surface area contributed by atoms with E-state index in [0.717, 1.165) is 4.90 Å². The lowest BCUT2D eigenvalue weighted by Crippen LogP contribution is -2.30. The third kappa shape index (κ3) is 5.49. The van der Waals surface area contributed by atoms with Gasteiger partial charge in [0.2, 0.25) is 21.8 Å². The van der Waals surface area contributed by atoms with Gasteiger partial charge in [-0.3, -0.25) is 19.3 Å². The van der Waals surface area contributed by atoms with E-state index in [9.17, 15) is 27.6 Å². The molecule has 3 amide bonds. The Morgan fingerprint density at radius 3 is 2.21 bits per heavy atom. The Morgan fingerprint density at radius 1 is 1.00 bits per heavy atom. The summed E-state index contributed by atoms with van der Waals surface area (Å²) in [4.78, 5) is 49.2.